The molecular formula is C18H24N2O5. The summed E-state index contributed by atoms with van der Waals surface area (Å²) in [5.74, 6) is 0.834. The second kappa shape index (κ2) is 8.20. The van der Waals surface area contributed by atoms with Crippen LogP contribution >= 0.6 is 0 Å². The van der Waals surface area contributed by atoms with Crippen molar-refractivity contribution in [2.75, 3.05) is 26.5 Å². The van der Waals surface area contributed by atoms with Crippen LogP contribution < -0.4 is 20.1 Å². The molecule has 7 nitrogen and oxygen atoms in total. The van der Waals surface area contributed by atoms with Crippen LogP contribution in [0.15, 0.2) is 18.2 Å². The second-order valence-corrected chi connectivity index (χ2v) is 6.23. The molecule has 0 spiro atoms. The highest BCUT2D eigenvalue weighted by molar-refractivity contribution is 5.80. The zero-order valence-corrected chi connectivity index (χ0v) is 14.4. The average Bonchev–Trinajstić information content (AvgIpc) is 3.09. The van der Waals surface area contributed by atoms with Gasteiger partial charge >= 0.3 is 5.97 Å². The molecule has 1 aromatic rings. The molecule has 0 unspecified atom stereocenters. The number of rotatable bonds is 6. The summed E-state index contributed by atoms with van der Waals surface area (Å²) in [6.07, 6.45) is 1.91. The maximum Gasteiger partial charge on any atom is 0.308 e. The van der Waals surface area contributed by atoms with E-state index in [1.165, 1.54) is 0 Å². The lowest BCUT2D eigenvalue weighted by Crippen LogP contribution is -2.42. The third-order valence-electron chi connectivity index (χ3n) is 4.46. The highest BCUT2D eigenvalue weighted by atomic mass is 16.7. The number of fused-ring (bicyclic) bond motifs is 1. The molecule has 7 heteroatoms. The molecule has 136 valence electrons. The van der Waals surface area contributed by atoms with Crippen molar-refractivity contribution in [3.8, 4) is 11.5 Å². The van der Waals surface area contributed by atoms with E-state index < -0.39 is 6.04 Å². The van der Waals surface area contributed by atoms with Gasteiger partial charge in [-0.25, -0.2) is 0 Å². The average molecular weight is 348 g/mol. The van der Waals surface area contributed by atoms with Gasteiger partial charge in [0.05, 0.1) is 25.0 Å². The Morgan fingerprint density at radius 2 is 2.20 bits per heavy atom. The van der Waals surface area contributed by atoms with Gasteiger partial charge in [-0.15, -0.1) is 0 Å². The molecule has 25 heavy (non-hydrogen) atoms. The minimum absolute atomic E-state index is 0.0424. The van der Waals surface area contributed by atoms with Crippen molar-refractivity contribution in [1.82, 2.24) is 10.6 Å². The van der Waals surface area contributed by atoms with E-state index >= 15 is 0 Å². The Labute approximate surface area is 147 Å². The zero-order chi connectivity index (χ0) is 17.6. The molecule has 1 saturated heterocycles. The molecule has 0 saturated carbocycles. The molecule has 0 bridgehead atoms. The number of amides is 1. The maximum absolute atomic E-state index is 12.6. The zero-order valence-electron chi connectivity index (χ0n) is 14.4. The molecule has 2 aliphatic rings. The SMILES string of the molecule is CCOC(=O)C[C@H](NC(=O)[C@@H]1CCCNC1)c1ccc2c(c1)OCO2. The Balaban J connectivity index is 1.74. The van der Waals surface area contributed by atoms with Gasteiger partial charge in [-0.3, -0.25) is 9.59 Å². The number of ether oxygens (including phenoxy) is 3. The third-order valence-corrected chi connectivity index (χ3v) is 4.46. The minimum atomic E-state index is -0.456. The van der Waals surface area contributed by atoms with Crippen molar-refractivity contribution in [3.63, 3.8) is 0 Å². The van der Waals surface area contributed by atoms with Crippen molar-refractivity contribution < 1.29 is 23.8 Å². The number of carbonyl (C=O) groups is 2. The summed E-state index contributed by atoms with van der Waals surface area (Å²) in [7, 11) is 0. The molecule has 0 radical (unpaired) electrons. The summed E-state index contributed by atoms with van der Waals surface area (Å²) in [4.78, 5) is 24.6. The van der Waals surface area contributed by atoms with Gasteiger partial charge < -0.3 is 24.8 Å². The molecule has 2 N–H and O–H groups in total. The summed E-state index contributed by atoms with van der Waals surface area (Å²) in [5.41, 5.74) is 0.800. The molecular weight excluding hydrogens is 324 g/mol. The van der Waals surface area contributed by atoms with E-state index in [4.69, 9.17) is 14.2 Å². The van der Waals surface area contributed by atoms with Gasteiger partial charge in [0.25, 0.3) is 0 Å². The quantitative estimate of drug-likeness (QED) is 0.758. The molecule has 3 rings (SSSR count). The Hall–Kier alpha value is -2.28. The molecule has 2 aliphatic heterocycles. The number of nitrogens with one attached hydrogen (secondary N) is 2. The van der Waals surface area contributed by atoms with Gasteiger partial charge in [-0.1, -0.05) is 6.07 Å². The summed E-state index contributed by atoms with van der Waals surface area (Å²) in [6.45, 7) is 3.87. The van der Waals surface area contributed by atoms with E-state index in [0.29, 0.717) is 24.7 Å². The van der Waals surface area contributed by atoms with Crippen LogP contribution in [0.25, 0.3) is 0 Å². The normalized spacial score (nSPS) is 20.0. The van der Waals surface area contributed by atoms with E-state index in [2.05, 4.69) is 10.6 Å². The number of carbonyl (C=O) groups excluding carboxylic acids is 2. The number of hydrogen-bond donors (Lipinski definition) is 2. The lowest BCUT2D eigenvalue weighted by molar-refractivity contribution is -0.144. The monoisotopic (exact) mass is 348 g/mol. The first-order valence-electron chi connectivity index (χ1n) is 8.73. The van der Waals surface area contributed by atoms with E-state index in [0.717, 1.165) is 24.9 Å². The summed E-state index contributed by atoms with van der Waals surface area (Å²) >= 11 is 0. The second-order valence-electron chi connectivity index (χ2n) is 6.23. The fraction of sp³-hybridized carbons (Fsp3) is 0.556. The third kappa shape index (κ3) is 4.42. The van der Waals surface area contributed by atoms with Crippen molar-refractivity contribution in [2.24, 2.45) is 5.92 Å². The molecule has 1 amide bonds. The smallest absolute Gasteiger partial charge is 0.308 e. The molecule has 1 aromatic carbocycles. The van der Waals surface area contributed by atoms with Gasteiger partial charge in [-0.2, -0.15) is 0 Å². The minimum Gasteiger partial charge on any atom is -0.466 e. The van der Waals surface area contributed by atoms with Gasteiger partial charge in [-0.05, 0) is 44.0 Å². The lowest BCUT2D eigenvalue weighted by atomic mass is 9.96. The highest BCUT2D eigenvalue weighted by Gasteiger charge is 2.27. The number of esters is 1. The topological polar surface area (TPSA) is 85.9 Å². The Bertz CT molecular complexity index is 628. The van der Waals surface area contributed by atoms with Gasteiger partial charge in [0.15, 0.2) is 11.5 Å². The fourth-order valence-electron chi connectivity index (χ4n) is 3.13. The Morgan fingerprint density at radius 1 is 1.36 bits per heavy atom. The summed E-state index contributed by atoms with van der Waals surface area (Å²) in [6, 6.07) is 5.00. The van der Waals surface area contributed by atoms with Crippen molar-refractivity contribution in [3.05, 3.63) is 23.8 Å². The van der Waals surface area contributed by atoms with Crippen LogP contribution in [0.1, 0.15) is 37.8 Å². The van der Waals surface area contributed by atoms with Crippen molar-refractivity contribution in [2.45, 2.75) is 32.2 Å². The summed E-state index contributed by atoms with van der Waals surface area (Å²) in [5, 5.41) is 6.24. The van der Waals surface area contributed by atoms with Gasteiger partial charge in [0.1, 0.15) is 0 Å². The molecule has 2 heterocycles. The predicted molar refractivity (Wildman–Crippen MR) is 90.3 cm³/mol. The van der Waals surface area contributed by atoms with Gasteiger partial charge in [0.2, 0.25) is 12.7 Å². The van der Waals surface area contributed by atoms with E-state index in [1.807, 2.05) is 12.1 Å². The Morgan fingerprint density at radius 3 is 2.96 bits per heavy atom. The van der Waals surface area contributed by atoms with Crippen LogP contribution in [0.5, 0.6) is 11.5 Å². The number of piperidine rings is 1. The van der Waals surface area contributed by atoms with Crippen LogP contribution in [0.4, 0.5) is 0 Å². The van der Waals surface area contributed by atoms with Crippen LogP contribution in [-0.2, 0) is 14.3 Å². The molecule has 1 fully saturated rings. The molecule has 0 aliphatic carbocycles. The fourth-order valence-corrected chi connectivity index (χ4v) is 3.13. The van der Waals surface area contributed by atoms with E-state index in [9.17, 15) is 9.59 Å². The first-order valence-corrected chi connectivity index (χ1v) is 8.73. The number of benzene rings is 1. The Kier molecular flexibility index (Phi) is 5.75. The standard InChI is InChI=1S/C18H24N2O5/c1-2-23-17(21)9-14(20-18(22)13-4-3-7-19-10-13)12-5-6-15-16(8-12)25-11-24-15/h5-6,8,13-14,19H,2-4,7,9-11H2,1H3,(H,20,22)/t13-,14+/m1/s1. The molecule has 2 atom stereocenters. The van der Waals surface area contributed by atoms with E-state index in [-0.39, 0.29) is 31.0 Å². The first kappa shape index (κ1) is 17.5. The molecule has 0 aromatic heterocycles. The van der Waals surface area contributed by atoms with Crippen LogP contribution in [-0.4, -0.2) is 38.4 Å². The number of hydrogen-bond acceptors (Lipinski definition) is 6. The van der Waals surface area contributed by atoms with E-state index in [1.54, 1.807) is 13.0 Å². The highest BCUT2D eigenvalue weighted by Crippen LogP contribution is 2.35. The van der Waals surface area contributed by atoms with Crippen molar-refractivity contribution >= 4 is 11.9 Å². The van der Waals surface area contributed by atoms with Crippen LogP contribution in [0.3, 0.4) is 0 Å². The van der Waals surface area contributed by atoms with Crippen LogP contribution in [0, 0.1) is 5.92 Å². The largest absolute Gasteiger partial charge is 0.466 e. The maximum atomic E-state index is 12.6. The van der Waals surface area contributed by atoms with Gasteiger partial charge in [0, 0.05) is 6.54 Å². The van der Waals surface area contributed by atoms with Crippen LogP contribution in [0.2, 0.25) is 0 Å². The summed E-state index contributed by atoms with van der Waals surface area (Å²) < 4.78 is 15.8. The van der Waals surface area contributed by atoms with Crippen molar-refractivity contribution in [1.29, 1.82) is 0 Å². The lowest BCUT2D eigenvalue weighted by Gasteiger charge is -2.25. The predicted octanol–water partition coefficient (Wildman–Crippen LogP) is 1.53. The first-order chi connectivity index (χ1) is 12.2.